The smallest absolute Gasteiger partial charge is 0.411 e. The number of benzene rings is 4. The maximum absolute atomic E-state index is 12.5. The predicted molar refractivity (Wildman–Crippen MR) is 204 cm³/mol. The molecular formula is C39H40N8O7. The molecule has 0 heterocycles. The number of aliphatic imine (C=N–C) groups is 2. The minimum Gasteiger partial charge on any atom is -0.449 e. The molecule has 15 heteroatoms. The molecule has 0 saturated heterocycles. The molecule has 4 aromatic rings. The van der Waals surface area contributed by atoms with Crippen LogP contribution in [0.15, 0.2) is 94.9 Å². The highest BCUT2D eigenvalue weighted by molar-refractivity contribution is 5.91. The zero-order valence-electron chi connectivity index (χ0n) is 29.4. The Bertz CT molecular complexity index is 2010. The Hall–Kier alpha value is -6.79. The van der Waals surface area contributed by atoms with Gasteiger partial charge in [-0.1, -0.05) is 36.4 Å². The Morgan fingerprint density at radius 2 is 1.11 bits per heavy atom. The van der Waals surface area contributed by atoms with Gasteiger partial charge < -0.3 is 25.4 Å². The van der Waals surface area contributed by atoms with E-state index in [1.54, 1.807) is 48.5 Å². The fraction of sp³-hybridized carbons (Fsp3) is 0.256. The number of rotatable bonds is 18. The Labute approximate surface area is 311 Å². The summed E-state index contributed by atoms with van der Waals surface area (Å²) < 4.78 is 10.4. The molecule has 0 radical (unpaired) electrons. The number of hydrogen-bond donors (Lipinski definition) is 6. The fourth-order valence-corrected chi connectivity index (χ4v) is 5.57. The van der Waals surface area contributed by atoms with Crippen LogP contribution in [0.25, 0.3) is 11.1 Å². The first-order valence-corrected chi connectivity index (χ1v) is 17.3. The molecule has 4 amide bonds. The molecule has 278 valence electrons. The van der Waals surface area contributed by atoms with Crippen LogP contribution in [0.4, 0.5) is 37.1 Å². The van der Waals surface area contributed by atoms with Crippen molar-refractivity contribution in [2.75, 3.05) is 54.2 Å². The van der Waals surface area contributed by atoms with Crippen molar-refractivity contribution < 1.29 is 33.4 Å². The van der Waals surface area contributed by atoms with Crippen molar-refractivity contribution in [1.29, 1.82) is 0 Å². The summed E-state index contributed by atoms with van der Waals surface area (Å²) in [7, 11) is 0. The van der Waals surface area contributed by atoms with Crippen LogP contribution in [0.3, 0.4) is 0 Å². The molecule has 4 aromatic carbocycles. The Balaban J connectivity index is 0.932. The van der Waals surface area contributed by atoms with Crippen molar-refractivity contribution in [3.8, 4) is 11.1 Å². The first-order valence-electron chi connectivity index (χ1n) is 17.3. The van der Waals surface area contributed by atoms with E-state index in [1.807, 2.05) is 24.3 Å². The van der Waals surface area contributed by atoms with E-state index in [2.05, 4.69) is 54.0 Å². The number of anilines is 4. The summed E-state index contributed by atoms with van der Waals surface area (Å²) in [6.45, 7) is 2.35. The third kappa shape index (κ3) is 12.2. The van der Waals surface area contributed by atoms with Crippen LogP contribution in [0, 0.1) is 0 Å². The molecule has 1 aliphatic rings. The molecule has 54 heavy (non-hydrogen) atoms. The van der Waals surface area contributed by atoms with Crippen molar-refractivity contribution in [2.45, 2.75) is 32.4 Å². The van der Waals surface area contributed by atoms with Gasteiger partial charge in [0.25, 0.3) is 0 Å². The summed E-state index contributed by atoms with van der Waals surface area (Å²) >= 11 is 0. The third-order valence-electron chi connectivity index (χ3n) is 8.18. The van der Waals surface area contributed by atoms with Crippen LogP contribution in [0.2, 0.25) is 0 Å². The number of carbonyl (C=O) groups is 3. The second-order valence-electron chi connectivity index (χ2n) is 12.1. The maximum Gasteiger partial charge on any atom is 0.411 e. The van der Waals surface area contributed by atoms with E-state index in [0.717, 1.165) is 39.9 Å². The lowest BCUT2D eigenvalue weighted by atomic mass is 10.1. The molecule has 0 aromatic heterocycles. The maximum atomic E-state index is 12.5. The normalized spacial score (nSPS) is 10.7. The van der Waals surface area contributed by atoms with Gasteiger partial charge in [-0.3, -0.25) is 16.0 Å². The van der Waals surface area contributed by atoms with Crippen LogP contribution in [-0.4, -0.2) is 63.3 Å². The number of carbonyl (C=O) groups excluding carboxylic acids is 5. The molecule has 0 bridgehead atoms. The van der Waals surface area contributed by atoms with Gasteiger partial charge in [-0.2, -0.15) is 0 Å². The Morgan fingerprint density at radius 3 is 1.67 bits per heavy atom. The molecule has 15 nitrogen and oxygen atoms in total. The van der Waals surface area contributed by atoms with E-state index in [4.69, 9.17) is 9.47 Å². The monoisotopic (exact) mass is 732 g/mol. The van der Waals surface area contributed by atoms with E-state index in [-0.39, 0.29) is 32.3 Å². The minimum absolute atomic E-state index is 0.123. The molecule has 5 rings (SSSR count). The van der Waals surface area contributed by atoms with E-state index >= 15 is 0 Å². The lowest BCUT2D eigenvalue weighted by Crippen LogP contribution is -2.30. The summed E-state index contributed by atoms with van der Waals surface area (Å²) in [6.07, 6.45) is 3.64. The van der Waals surface area contributed by atoms with E-state index < -0.39 is 12.2 Å². The van der Waals surface area contributed by atoms with Gasteiger partial charge in [-0.15, -0.1) is 0 Å². The van der Waals surface area contributed by atoms with Crippen LogP contribution >= 0.6 is 0 Å². The topological polar surface area (TPSA) is 201 Å². The van der Waals surface area contributed by atoms with Gasteiger partial charge in [0.2, 0.25) is 12.2 Å². The molecule has 6 N–H and O–H groups in total. The highest BCUT2D eigenvalue weighted by atomic mass is 16.6. The van der Waals surface area contributed by atoms with E-state index in [9.17, 15) is 24.0 Å². The largest absolute Gasteiger partial charge is 0.449 e. The molecule has 0 fully saturated rings. The number of isocyanates is 2. The summed E-state index contributed by atoms with van der Waals surface area (Å²) in [5.74, 6) is 0. The van der Waals surface area contributed by atoms with E-state index in [0.29, 0.717) is 49.7 Å². The lowest BCUT2D eigenvalue weighted by molar-refractivity contribution is 0.159. The number of hydrogen-bond acceptors (Lipinski definition) is 11. The number of amides is 4. The van der Waals surface area contributed by atoms with Crippen molar-refractivity contribution in [3.05, 3.63) is 107 Å². The molecule has 0 spiro atoms. The molecular weight excluding hydrogens is 692 g/mol. The van der Waals surface area contributed by atoms with Crippen molar-refractivity contribution in [1.82, 2.24) is 10.6 Å². The zero-order chi connectivity index (χ0) is 38.0. The second kappa shape index (κ2) is 20.3. The average molecular weight is 733 g/mol. The molecule has 1 aliphatic carbocycles. The summed E-state index contributed by atoms with van der Waals surface area (Å²) in [5, 5.41) is 17.6. The highest BCUT2D eigenvalue weighted by Gasteiger charge is 2.19. The third-order valence-corrected chi connectivity index (χ3v) is 8.18. The molecule has 0 aliphatic heterocycles. The van der Waals surface area contributed by atoms with Crippen molar-refractivity contribution in [3.63, 3.8) is 0 Å². The lowest BCUT2D eigenvalue weighted by Gasteiger charge is -2.11. The highest BCUT2D eigenvalue weighted by Crippen LogP contribution is 2.39. The average Bonchev–Trinajstić information content (AvgIpc) is 3.53. The number of nitrogens with one attached hydrogen (secondary N) is 6. The van der Waals surface area contributed by atoms with Gasteiger partial charge in [-0.25, -0.2) is 34.0 Å². The first-order chi connectivity index (χ1) is 26.4. The van der Waals surface area contributed by atoms with Gasteiger partial charge in [0.1, 0.15) is 0 Å². The van der Waals surface area contributed by atoms with Crippen LogP contribution in [0.5, 0.6) is 0 Å². The van der Waals surface area contributed by atoms with E-state index in [1.165, 1.54) is 17.7 Å². The van der Waals surface area contributed by atoms with Crippen LogP contribution < -0.4 is 31.9 Å². The SMILES string of the molecule is O=C=NCc1ccc(NC(=O)OCCCNCNc2ccc3c(c2)Cc2cc(NC(=O)NCCCOC(=O)Nc4ccc(CN=C=O)cc4)ccc2-3)cc1. The number of urea groups is 1. The minimum atomic E-state index is -0.608. The summed E-state index contributed by atoms with van der Waals surface area (Å²) in [5.41, 5.74) is 9.02. The predicted octanol–water partition coefficient (Wildman–Crippen LogP) is 6.29. The van der Waals surface area contributed by atoms with Crippen molar-refractivity contribution in [2.24, 2.45) is 9.98 Å². The van der Waals surface area contributed by atoms with Crippen LogP contribution in [-0.2, 0) is 38.6 Å². The fourth-order valence-electron chi connectivity index (χ4n) is 5.57. The van der Waals surface area contributed by atoms with Gasteiger partial charge in [0.05, 0.1) is 33.0 Å². The first kappa shape index (κ1) is 38.4. The quantitative estimate of drug-likeness (QED) is 0.0259. The summed E-state index contributed by atoms with van der Waals surface area (Å²) in [6, 6.07) is 25.6. The van der Waals surface area contributed by atoms with Gasteiger partial charge in [0.15, 0.2) is 0 Å². The Kier molecular flexibility index (Phi) is 14.5. The van der Waals surface area contributed by atoms with Gasteiger partial charge in [0, 0.05) is 29.3 Å². The van der Waals surface area contributed by atoms with Gasteiger partial charge in [-0.05, 0) is 108 Å². The molecule has 0 atom stereocenters. The molecule has 0 saturated carbocycles. The Morgan fingerprint density at radius 1 is 0.611 bits per heavy atom. The molecule has 0 unspecified atom stereocenters. The second-order valence-corrected chi connectivity index (χ2v) is 12.1. The zero-order valence-corrected chi connectivity index (χ0v) is 29.4. The number of fused-ring (bicyclic) bond motifs is 3. The van der Waals surface area contributed by atoms with Gasteiger partial charge >= 0.3 is 18.2 Å². The standard InChI is InChI=1S/C39H40N8O7/c48-25-41-22-27-3-7-31(8-4-27)46-38(51)53-17-1-15-40-24-44-33-11-13-35-29(20-33)19-30-21-34(12-14-36(30)35)45-37(50)43-16-2-18-54-39(52)47-32-9-5-28(6-10-32)23-42-26-49/h3-14,20-21,40,44H,1-2,15-19,22-24H2,(H,46,51)(H,47,52)(H2,43,45,50). The number of nitrogens with zero attached hydrogens (tertiary/aromatic N) is 2. The van der Waals surface area contributed by atoms with Crippen molar-refractivity contribution >= 4 is 53.1 Å². The number of ether oxygens (including phenoxy) is 2. The van der Waals surface area contributed by atoms with Crippen LogP contribution in [0.1, 0.15) is 35.1 Å². The summed E-state index contributed by atoms with van der Waals surface area (Å²) in [4.78, 5) is 64.1.